The molecule has 2 unspecified atom stereocenters. The number of carbonyl (C=O) groups is 1. The van der Waals surface area contributed by atoms with Gasteiger partial charge < -0.3 is 14.6 Å². The third kappa shape index (κ3) is 4.85. The zero-order chi connectivity index (χ0) is 10.3. The highest BCUT2D eigenvalue weighted by atomic mass is 16.5. The molecule has 78 valence electrons. The average molecular weight is 190 g/mol. The van der Waals surface area contributed by atoms with Crippen LogP contribution in [0.15, 0.2) is 0 Å². The van der Waals surface area contributed by atoms with E-state index in [9.17, 15) is 4.79 Å². The lowest BCUT2D eigenvalue weighted by Gasteiger charge is -2.20. The van der Waals surface area contributed by atoms with Crippen molar-refractivity contribution in [1.82, 2.24) is 0 Å². The third-order valence-corrected chi connectivity index (χ3v) is 1.81. The first-order valence-corrected chi connectivity index (χ1v) is 4.55. The first kappa shape index (κ1) is 12.4. The van der Waals surface area contributed by atoms with Crippen LogP contribution in [0.3, 0.4) is 0 Å². The molecule has 0 saturated heterocycles. The molecule has 0 spiro atoms. The highest BCUT2D eigenvalue weighted by Crippen LogP contribution is 2.08. The maximum absolute atomic E-state index is 10.6. The van der Waals surface area contributed by atoms with Crippen molar-refractivity contribution < 1.29 is 19.4 Å². The number of hydrogen-bond donors (Lipinski definition) is 1. The second kappa shape index (κ2) is 6.86. The van der Waals surface area contributed by atoms with E-state index in [-0.39, 0.29) is 6.10 Å². The number of carboxylic acid groups (broad SMARTS) is 1. The van der Waals surface area contributed by atoms with Gasteiger partial charge >= 0.3 is 5.97 Å². The zero-order valence-corrected chi connectivity index (χ0v) is 8.45. The quantitative estimate of drug-likeness (QED) is 0.654. The molecule has 1 N–H and O–H groups in total. The van der Waals surface area contributed by atoms with Crippen molar-refractivity contribution >= 4 is 5.97 Å². The molecule has 0 heterocycles. The number of ether oxygens (including phenoxy) is 2. The van der Waals surface area contributed by atoms with Crippen LogP contribution in [0.25, 0.3) is 0 Å². The second-order valence-electron chi connectivity index (χ2n) is 2.78. The minimum absolute atomic E-state index is 0.345. The van der Waals surface area contributed by atoms with Gasteiger partial charge in [-0.2, -0.15) is 0 Å². The van der Waals surface area contributed by atoms with Crippen molar-refractivity contribution in [2.24, 2.45) is 5.92 Å². The van der Waals surface area contributed by atoms with Crippen LogP contribution in [-0.2, 0) is 14.3 Å². The number of hydrogen-bond acceptors (Lipinski definition) is 3. The molecule has 0 radical (unpaired) electrons. The molecule has 2 atom stereocenters. The number of rotatable bonds is 7. The maximum Gasteiger partial charge on any atom is 0.308 e. The van der Waals surface area contributed by atoms with Gasteiger partial charge in [-0.3, -0.25) is 4.79 Å². The smallest absolute Gasteiger partial charge is 0.308 e. The molecular weight excluding hydrogens is 172 g/mol. The fourth-order valence-electron chi connectivity index (χ4n) is 0.944. The fourth-order valence-corrected chi connectivity index (χ4v) is 0.944. The van der Waals surface area contributed by atoms with Crippen molar-refractivity contribution in [2.75, 3.05) is 19.8 Å². The summed E-state index contributed by atoms with van der Waals surface area (Å²) in [6, 6.07) is 0. The molecule has 4 nitrogen and oxygen atoms in total. The molecule has 0 aromatic rings. The molecule has 0 aliphatic carbocycles. The lowest BCUT2D eigenvalue weighted by Crippen LogP contribution is -2.32. The van der Waals surface area contributed by atoms with Crippen molar-refractivity contribution in [2.45, 2.75) is 26.9 Å². The topological polar surface area (TPSA) is 55.8 Å². The summed E-state index contributed by atoms with van der Waals surface area (Å²) in [5, 5.41) is 8.74. The van der Waals surface area contributed by atoms with E-state index in [1.165, 1.54) is 0 Å². The van der Waals surface area contributed by atoms with E-state index in [2.05, 4.69) is 0 Å². The Morgan fingerprint density at radius 2 is 2.00 bits per heavy atom. The van der Waals surface area contributed by atoms with Crippen LogP contribution < -0.4 is 0 Å². The molecule has 0 aliphatic rings. The number of aliphatic carboxylic acids is 1. The van der Waals surface area contributed by atoms with Crippen molar-refractivity contribution in [3.8, 4) is 0 Å². The standard InChI is InChI=1S/C9H18O4/c1-4-12-6-8(13-5-2)7(3)9(10)11/h7-8H,4-6H2,1-3H3,(H,10,11). The van der Waals surface area contributed by atoms with Gasteiger partial charge in [0.2, 0.25) is 0 Å². The molecule has 0 aromatic heterocycles. The highest BCUT2D eigenvalue weighted by Gasteiger charge is 2.23. The Morgan fingerprint density at radius 3 is 2.38 bits per heavy atom. The predicted octanol–water partition coefficient (Wildman–Crippen LogP) is 1.15. The Labute approximate surface area is 78.8 Å². The van der Waals surface area contributed by atoms with Gasteiger partial charge in [0, 0.05) is 13.2 Å². The van der Waals surface area contributed by atoms with Gasteiger partial charge in [-0.05, 0) is 20.8 Å². The van der Waals surface area contributed by atoms with Crippen LogP contribution in [0.2, 0.25) is 0 Å². The molecular formula is C9H18O4. The molecule has 0 amide bonds. The molecule has 0 bridgehead atoms. The monoisotopic (exact) mass is 190 g/mol. The van der Waals surface area contributed by atoms with E-state index in [1.807, 2.05) is 13.8 Å². The van der Waals surface area contributed by atoms with E-state index in [4.69, 9.17) is 14.6 Å². The van der Waals surface area contributed by atoms with Crippen molar-refractivity contribution in [3.05, 3.63) is 0 Å². The fraction of sp³-hybridized carbons (Fsp3) is 0.889. The first-order chi connectivity index (χ1) is 6.13. The molecule has 4 heteroatoms. The van der Waals surface area contributed by atoms with Gasteiger partial charge in [-0.25, -0.2) is 0 Å². The van der Waals surface area contributed by atoms with E-state index < -0.39 is 11.9 Å². The third-order valence-electron chi connectivity index (χ3n) is 1.81. The zero-order valence-electron chi connectivity index (χ0n) is 8.45. The Morgan fingerprint density at radius 1 is 1.38 bits per heavy atom. The largest absolute Gasteiger partial charge is 0.481 e. The maximum atomic E-state index is 10.6. The summed E-state index contributed by atoms with van der Waals surface area (Å²) in [6.07, 6.45) is -0.345. The van der Waals surface area contributed by atoms with E-state index >= 15 is 0 Å². The average Bonchev–Trinajstić information content (AvgIpc) is 2.11. The molecule has 13 heavy (non-hydrogen) atoms. The van der Waals surface area contributed by atoms with Gasteiger partial charge in [0.1, 0.15) is 0 Å². The second-order valence-corrected chi connectivity index (χ2v) is 2.78. The molecule has 0 saturated carbocycles. The van der Waals surface area contributed by atoms with E-state index in [0.717, 1.165) is 0 Å². The van der Waals surface area contributed by atoms with Crippen LogP contribution in [0, 0.1) is 5.92 Å². The van der Waals surface area contributed by atoms with Crippen LogP contribution in [0.4, 0.5) is 0 Å². The molecule has 0 fully saturated rings. The first-order valence-electron chi connectivity index (χ1n) is 4.55. The van der Waals surface area contributed by atoms with E-state index in [0.29, 0.717) is 19.8 Å². The molecule has 0 aromatic carbocycles. The van der Waals surface area contributed by atoms with Gasteiger partial charge in [0.15, 0.2) is 0 Å². The summed E-state index contributed by atoms with van der Waals surface area (Å²) in [5.74, 6) is -1.37. The Bertz CT molecular complexity index is 147. The summed E-state index contributed by atoms with van der Waals surface area (Å²) in [6.45, 7) is 6.77. The minimum atomic E-state index is -0.849. The highest BCUT2D eigenvalue weighted by molar-refractivity contribution is 5.70. The lowest BCUT2D eigenvalue weighted by atomic mass is 10.1. The van der Waals surface area contributed by atoms with Gasteiger partial charge in [-0.1, -0.05) is 0 Å². The van der Waals surface area contributed by atoms with Crippen LogP contribution in [-0.4, -0.2) is 37.0 Å². The summed E-state index contributed by atoms with van der Waals surface area (Å²) >= 11 is 0. The van der Waals surface area contributed by atoms with Gasteiger partial charge in [0.05, 0.1) is 18.6 Å². The van der Waals surface area contributed by atoms with Crippen LogP contribution in [0.5, 0.6) is 0 Å². The number of carboxylic acids is 1. The summed E-state index contributed by atoms with van der Waals surface area (Å²) in [4.78, 5) is 10.6. The Hall–Kier alpha value is -0.610. The molecule has 0 rings (SSSR count). The predicted molar refractivity (Wildman–Crippen MR) is 48.7 cm³/mol. The minimum Gasteiger partial charge on any atom is -0.481 e. The molecule has 0 aliphatic heterocycles. The lowest BCUT2D eigenvalue weighted by molar-refractivity contribution is -0.148. The summed E-state index contributed by atoms with van der Waals surface area (Å²) in [7, 11) is 0. The summed E-state index contributed by atoms with van der Waals surface area (Å²) < 4.78 is 10.4. The van der Waals surface area contributed by atoms with Crippen LogP contribution >= 0.6 is 0 Å². The SMILES string of the molecule is CCOCC(OCC)C(C)C(=O)O. The normalized spacial score (nSPS) is 15.3. The summed E-state index contributed by atoms with van der Waals surface area (Å²) in [5.41, 5.74) is 0. The Balaban J connectivity index is 3.98. The van der Waals surface area contributed by atoms with Crippen molar-refractivity contribution in [1.29, 1.82) is 0 Å². The Kier molecular flexibility index (Phi) is 6.54. The van der Waals surface area contributed by atoms with Gasteiger partial charge in [-0.15, -0.1) is 0 Å². The van der Waals surface area contributed by atoms with Crippen molar-refractivity contribution in [3.63, 3.8) is 0 Å². The van der Waals surface area contributed by atoms with Crippen LogP contribution in [0.1, 0.15) is 20.8 Å². The van der Waals surface area contributed by atoms with Gasteiger partial charge in [0.25, 0.3) is 0 Å². The van der Waals surface area contributed by atoms with E-state index in [1.54, 1.807) is 6.92 Å².